The molecule has 9 heteroatoms. The predicted octanol–water partition coefficient (Wildman–Crippen LogP) is 0.923. The highest BCUT2D eigenvalue weighted by molar-refractivity contribution is 7.89. The maximum absolute atomic E-state index is 12.4. The van der Waals surface area contributed by atoms with Gasteiger partial charge in [0.05, 0.1) is 10.6 Å². The van der Waals surface area contributed by atoms with Gasteiger partial charge in [-0.3, -0.25) is 9.48 Å². The quantitative estimate of drug-likeness (QED) is 0.726. The monoisotopic (exact) mass is 347 g/mol. The van der Waals surface area contributed by atoms with Crippen LogP contribution in [0, 0.1) is 0 Å². The Morgan fingerprint density at radius 1 is 1.33 bits per heavy atom. The van der Waals surface area contributed by atoms with E-state index in [1.54, 1.807) is 19.2 Å². The van der Waals surface area contributed by atoms with Gasteiger partial charge in [-0.2, -0.15) is 5.10 Å². The van der Waals surface area contributed by atoms with Crippen LogP contribution in [0.15, 0.2) is 34.0 Å². The zero-order chi connectivity index (χ0) is 17.5. The number of fused-ring (bicyclic) bond motifs is 1. The Bertz CT molecular complexity index is 1080. The van der Waals surface area contributed by atoms with Crippen molar-refractivity contribution in [2.24, 2.45) is 12.2 Å². The summed E-state index contributed by atoms with van der Waals surface area (Å²) in [6, 6.07) is 5.99. The van der Waals surface area contributed by atoms with Gasteiger partial charge >= 0.3 is 0 Å². The van der Waals surface area contributed by atoms with Crippen molar-refractivity contribution in [1.82, 2.24) is 19.7 Å². The molecule has 24 heavy (non-hydrogen) atoms. The number of benzene rings is 1. The van der Waals surface area contributed by atoms with Crippen molar-refractivity contribution in [1.29, 1.82) is 0 Å². The molecule has 0 radical (unpaired) electrons. The molecule has 8 nitrogen and oxygen atoms in total. The third-order valence-corrected chi connectivity index (χ3v) is 4.60. The highest BCUT2D eigenvalue weighted by atomic mass is 32.2. The van der Waals surface area contributed by atoms with E-state index >= 15 is 0 Å². The Morgan fingerprint density at radius 2 is 2.08 bits per heavy atom. The van der Waals surface area contributed by atoms with Gasteiger partial charge in [-0.1, -0.05) is 25.5 Å². The number of primary sulfonamides is 1. The Hall–Kier alpha value is -2.52. The van der Waals surface area contributed by atoms with Crippen LogP contribution in [0.4, 0.5) is 0 Å². The first-order chi connectivity index (χ1) is 11.3. The summed E-state index contributed by atoms with van der Waals surface area (Å²) in [6.07, 6.45) is 1.57. The number of aryl methyl sites for hydroxylation is 2. The normalized spacial score (nSPS) is 12.0. The van der Waals surface area contributed by atoms with Crippen molar-refractivity contribution in [3.8, 4) is 11.4 Å². The first kappa shape index (κ1) is 16.3. The molecule has 3 N–H and O–H groups in total. The average molecular weight is 347 g/mol. The van der Waals surface area contributed by atoms with Gasteiger partial charge in [0.15, 0.2) is 5.52 Å². The van der Waals surface area contributed by atoms with Crippen LogP contribution < -0.4 is 10.7 Å². The zero-order valence-electron chi connectivity index (χ0n) is 13.3. The maximum Gasteiger partial charge on any atom is 0.277 e. The van der Waals surface area contributed by atoms with Crippen molar-refractivity contribution in [2.75, 3.05) is 0 Å². The minimum atomic E-state index is -3.83. The molecule has 126 valence electrons. The molecular weight excluding hydrogens is 330 g/mol. The molecule has 0 saturated heterocycles. The second kappa shape index (κ2) is 5.84. The van der Waals surface area contributed by atoms with E-state index in [1.807, 2.05) is 6.92 Å². The van der Waals surface area contributed by atoms with E-state index in [9.17, 15) is 13.2 Å². The highest BCUT2D eigenvalue weighted by Gasteiger charge is 2.16. The number of nitrogens with zero attached hydrogens (tertiary/aromatic N) is 3. The molecular formula is C15H17N5O3S. The zero-order valence-corrected chi connectivity index (χ0v) is 14.1. The lowest BCUT2D eigenvalue weighted by atomic mass is 10.2. The van der Waals surface area contributed by atoms with Gasteiger partial charge in [-0.25, -0.2) is 18.5 Å². The Morgan fingerprint density at radius 3 is 2.75 bits per heavy atom. The minimum Gasteiger partial charge on any atom is -0.305 e. The summed E-state index contributed by atoms with van der Waals surface area (Å²) in [4.78, 5) is 19.5. The molecule has 0 bridgehead atoms. The van der Waals surface area contributed by atoms with Crippen molar-refractivity contribution in [2.45, 2.75) is 24.7 Å². The molecule has 0 saturated carbocycles. The lowest BCUT2D eigenvalue weighted by Crippen LogP contribution is -2.14. The van der Waals surface area contributed by atoms with E-state index in [0.29, 0.717) is 23.0 Å². The predicted molar refractivity (Wildman–Crippen MR) is 89.9 cm³/mol. The molecule has 2 aromatic heterocycles. The number of sulfonamides is 1. The van der Waals surface area contributed by atoms with Crippen LogP contribution >= 0.6 is 0 Å². The van der Waals surface area contributed by atoms with Crippen molar-refractivity contribution in [3.05, 3.63) is 40.3 Å². The van der Waals surface area contributed by atoms with Gasteiger partial charge in [0.1, 0.15) is 11.3 Å². The number of rotatable bonds is 4. The number of nitrogens with one attached hydrogen (secondary N) is 1. The molecule has 3 rings (SSSR count). The van der Waals surface area contributed by atoms with E-state index in [1.165, 1.54) is 16.8 Å². The molecule has 0 aliphatic heterocycles. The molecule has 2 heterocycles. The smallest absolute Gasteiger partial charge is 0.277 e. The first-order valence-electron chi connectivity index (χ1n) is 7.40. The highest BCUT2D eigenvalue weighted by Crippen LogP contribution is 2.21. The SMILES string of the molecule is CCCc1nn(C)c2c(=O)[nH]c(-c3cccc(S(N)(=O)=O)c3)nc12. The van der Waals surface area contributed by atoms with E-state index in [4.69, 9.17) is 5.14 Å². The van der Waals surface area contributed by atoms with Crippen molar-refractivity contribution < 1.29 is 8.42 Å². The third kappa shape index (κ3) is 2.83. The number of H-pyrrole nitrogens is 1. The van der Waals surface area contributed by atoms with Crippen LogP contribution in [0.25, 0.3) is 22.4 Å². The Kier molecular flexibility index (Phi) is 3.98. The van der Waals surface area contributed by atoms with E-state index < -0.39 is 10.0 Å². The van der Waals surface area contributed by atoms with Gasteiger partial charge in [0.25, 0.3) is 5.56 Å². The number of aromatic nitrogens is 4. The number of hydrogen-bond acceptors (Lipinski definition) is 5. The largest absolute Gasteiger partial charge is 0.305 e. The number of nitrogens with two attached hydrogens (primary N) is 1. The summed E-state index contributed by atoms with van der Waals surface area (Å²) in [6.45, 7) is 2.02. The molecule has 0 amide bonds. The van der Waals surface area contributed by atoms with E-state index in [-0.39, 0.29) is 16.3 Å². The fraction of sp³-hybridized carbons (Fsp3) is 0.267. The van der Waals surface area contributed by atoms with Crippen LogP contribution in [0.5, 0.6) is 0 Å². The van der Waals surface area contributed by atoms with Crippen LogP contribution in [0.2, 0.25) is 0 Å². The maximum atomic E-state index is 12.4. The summed E-state index contributed by atoms with van der Waals surface area (Å²) < 4.78 is 24.5. The number of hydrogen-bond donors (Lipinski definition) is 2. The van der Waals surface area contributed by atoms with Gasteiger partial charge < -0.3 is 4.98 Å². The molecule has 0 unspecified atom stereocenters. The fourth-order valence-corrected chi connectivity index (χ4v) is 3.17. The van der Waals surface area contributed by atoms with Gasteiger partial charge in [0.2, 0.25) is 10.0 Å². The Labute approximate surface area is 138 Å². The standard InChI is InChI=1S/C15H17N5O3S/c1-3-5-11-12-13(20(2)19-11)15(21)18-14(17-12)9-6-4-7-10(8-9)24(16,22)23/h4,6-8H,3,5H2,1-2H3,(H2,16,22,23)(H,17,18,21). The second-order valence-electron chi connectivity index (χ2n) is 5.50. The van der Waals surface area contributed by atoms with Crippen LogP contribution in [0.3, 0.4) is 0 Å². The van der Waals surface area contributed by atoms with Crippen LogP contribution in [-0.2, 0) is 23.5 Å². The molecule has 0 fully saturated rings. The molecule has 0 spiro atoms. The molecule has 3 aromatic rings. The molecule has 0 atom stereocenters. The number of aromatic amines is 1. The van der Waals surface area contributed by atoms with E-state index in [0.717, 1.165) is 12.1 Å². The molecule has 1 aromatic carbocycles. The van der Waals surface area contributed by atoms with Gasteiger partial charge in [0, 0.05) is 12.6 Å². The Balaban J connectivity index is 2.25. The summed E-state index contributed by atoms with van der Waals surface area (Å²) in [5.74, 6) is 0.281. The lowest BCUT2D eigenvalue weighted by molar-refractivity contribution is 0.598. The average Bonchev–Trinajstić information content (AvgIpc) is 2.83. The van der Waals surface area contributed by atoms with Crippen LogP contribution in [-0.4, -0.2) is 28.2 Å². The lowest BCUT2D eigenvalue weighted by Gasteiger charge is -2.04. The van der Waals surface area contributed by atoms with E-state index in [2.05, 4.69) is 15.1 Å². The topological polar surface area (TPSA) is 124 Å². The third-order valence-electron chi connectivity index (χ3n) is 3.69. The molecule has 0 aliphatic rings. The summed E-state index contributed by atoms with van der Waals surface area (Å²) in [5.41, 5.74) is 1.80. The molecule has 0 aliphatic carbocycles. The minimum absolute atomic E-state index is 0.0392. The first-order valence-corrected chi connectivity index (χ1v) is 8.95. The van der Waals surface area contributed by atoms with Crippen molar-refractivity contribution in [3.63, 3.8) is 0 Å². The van der Waals surface area contributed by atoms with Crippen LogP contribution in [0.1, 0.15) is 19.0 Å². The van der Waals surface area contributed by atoms with Gasteiger partial charge in [-0.15, -0.1) is 0 Å². The summed E-state index contributed by atoms with van der Waals surface area (Å²) in [5, 5.41) is 9.51. The fourth-order valence-electron chi connectivity index (χ4n) is 2.61. The van der Waals surface area contributed by atoms with Crippen molar-refractivity contribution >= 4 is 21.1 Å². The van der Waals surface area contributed by atoms with Gasteiger partial charge in [-0.05, 0) is 18.6 Å². The summed E-state index contributed by atoms with van der Waals surface area (Å²) >= 11 is 0. The summed E-state index contributed by atoms with van der Waals surface area (Å²) in [7, 11) is -2.14. The second-order valence-corrected chi connectivity index (χ2v) is 7.07.